The normalized spacial score (nSPS) is 11.8. The number of hydrogen-bond donors (Lipinski definition) is 2. The highest BCUT2D eigenvalue weighted by Crippen LogP contribution is 2.02. The summed E-state index contributed by atoms with van der Waals surface area (Å²) in [6.07, 6.45) is 0.563. The fourth-order valence-corrected chi connectivity index (χ4v) is 1.19. The Balaban J connectivity index is 0. The van der Waals surface area contributed by atoms with E-state index < -0.39 is 12.0 Å². The second kappa shape index (κ2) is 8.17. The summed E-state index contributed by atoms with van der Waals surface area (Å²) in [7, 11) is 0. The number of hydrogen-bond acceptors (Lipinski definition) is 3. The molecular weight excluding hydrogens is 186 g/mol. The van der Waals surface area contributed by atoms with Gasteiger partial charge in [0.2, 0.25) is 0 Å². The van der Waals surface area contributed by atoms with Crippen molar-refractivity contribution in [3.8, 4) is 0 Å². The molecule has 0 aromatic heterocycles. The van der Waals surface area contributed by atoms with Crippen LogP contribution < -0.4 is 5.73 Å². The van der Waals surface area contributed by atoms with E-state index in [1.807, 2.05) is 6.92 Å². The van der Waals surface area contributed by atoms with Crippen molar-refractivity contribution in [2.45, 2.75) is 19.4 Å². The summed E-state index contributed by atoms with van der Waals surface area (Å²) in [4.78, 5) is 10.2. The molecule has 0 rings (SSSR count). The highest BCUT2D eigenvalue weighted by Gasteiger charge is 2.09. The molecule has 0 aliphatic heterocycles. The molecule has 0 fully saturated rings. The summed E-state index contributed by atoms with van der Waals surface area (Å²) < 4.78 is 0. The van der Waals surface area contributed by atoms with Crippen molar-refractivity contribution in [1.29, 1.82) is 0 Å². The fraction of sp³-hybridized carbons (Fsp3) is 0.833. The number of carboxylic acid groups (broad SMARTS) is 1. The van der Waals surface area contributed by atoms with Crippen molar-refractivity contribution in [1.82, 2.24) is 0 Å². The molecule has 0 saturated heterocycles. The van der Waals surface area contributed by atoms with Crippen LogP contribution in [0.3, 0.4) is 0 Å². The zero-order valence-corrected chi connectivity index (χ0v) is 8.08. The van der Waals surface area contributed by atoms with E-state index in [-0.39, 0.29) is 12.4 Å². The van der Waals surface area contributed by atoms with E-state index in [1.54, 1.807) is 11.8 Å². The van der Waals surface area contributed by atoms with Crippen LogP contribution in [0.4, 0.5) is 0 Å². The SMILES string of the molecule is CCSCC[C@H](N)C(=O)O.Cl. The molecule has 3 N–H and O–H groups in total. The predicted octanol–water partition coefficient (Wildman–Crippen LogP) is 0.963. The lowest BCUT2D eigenvalue weighted by atomic mass is 10.2. The summed E-state index contributed by atoms with van der Waals surface area (Å²) in [5.74, 6) is 0.952. The van der Waals surface area contributed by atoms with Gasteiger partial charge in [-0.05, 0) is 17.9 Å². The van der Waals surface area contributed by atoms with Crippen molar-refractivity contribution in [2.75, 3.05) is 11.5 Å². The fourth-order valence-electron chi connectivity index (χ4n) is 0.478. The second-order valence-electron chi connectivity index (χ2n) is 1.93. The Hall–Kier alpha value is 0.0700. The lowest BCUT2D eigenvalue weighted by Gasteiger charge is -2.03. The van der Waals surface area contributed by atoms with Gasteiger partial charge in [0.15, 0.2) is 0 Å². The standard InChI is InChI=1S/C6H13NO2S.ClH/c1-2-10-4-3-5(7)6(8)9;/h5H,2-4,7H2,1H3,(H,8,9);1H/t5-;/m0./s1. The predicted molar refractivity (Wildman–Crippen MR) is 50.5 cm³/mol. The summed E-state index contributed by atoms with van der Waals surface area (Å²) in [5.41, 5.74) is 5.24. The van der Waals surface area contributed by atoms with Gasteiger partial charge in [0.1, 0.15) is 6.04 Å². The van der Waals surface area contributed by atoms with Gasteiger partial charge in [0.25, 0.3) is 0 Å². The van der Waals surface area contributed by atoms with Crippen molar-refractivity contribution in [3.63, 3.8) is 0 Å². The van der Waals surface area contributed by atoms with E-state index in [9.17, 15) is 4.79 Å². The molecule has 0 spiro atoms. The van der Waals surface area contributed by atoms with Crippen LogP contribution in [-0.4, -0.2) is 28.6 Å². The van der Waals surface area contributed by atoms with Crippen molar-refractivity contribution < 1.29 is 9.90 Å². The third-order valence-corrected chi connectivity index (χ3v) is 2.03. The Bertz CT molecular complexity index is 113. The summed E-state index contributed by atoms with van der Waals surface area (Å²) in [5, 5.41) is 8.35. The molecule has 5 heteroatoms. The van der Waals surface area contributed by atoms with Crippen LogP contribution in [0.25, 0.3) is 0 Å². The van der Waals surface area contributed by atoms with E-state index in [2.05, 4.69) is 0 Å². The number of carboxylic acids is 1. The topological polar surface area (TPSA) is 63.3 Å². The maximum atomic E-state index is 10.2. The van der Waals surface area contributed by atoms with Gasteiger partial charge in [-0.25, -0.2) is 0 Å². The number of halogens is 1. The molecule has 0 unspecified atom stereocenters. The van der Waals surface area contributed by atoms with Crippen LogP contribution in [0, 0.1) is 0 Å². The second-order valence-corrected chi connectivity index (χ2v) is 3.32. The van der Waals surface area contributed by atoms with E-state index in [1.165, 1.54) is 0 Å². The molecule has 0 aliphatic rings. The Morgan fingerprint density at radius 3 is 2.64 bits per heavy atom. The number of aliphatic carboxylic acids is 1. The van der Waals surface area contributed by atoms with Gasteiger partial charge in [0, 0.05) is 0 Å². The van der Waals surface area contributed by atoms with Gasteiger partial charge in [-0.3, -0.25) is 4.79 Å². The van der Waals surface area contributed by atoms with Crippen LogP contribution in [0.2, 0.25) is 0 Å². The molecule has 0 aromatic rings. The molecule has 0 amide bonds. The minimum Gasteiger partial charge on any atom is -0.480 e. The van der Waals surface area contributed by atoms with Crippen LogP contribution >= 0.6 is 24.2 Å². The average molecular weight is 200 g/mol. The maximum absolute atomic E-state index is 10.2. The highest BCUT2D eigenvalue weighted by atomic mass is 35.5. The third-order valence-electron chi connectivity index (χ3n) is 1.09. The van der Waals surface area contributed by atoms with Crippen LogP contribution in [0.5, 0.6) is 0 Å². The minimum atomic E-state index is -0.906. The first kappa shape index (κ1) is 13.6. The Kier molecular flexibility index (Phi) is 10.1. The molecule has 0 radical (unpaired) electrons. The molecular formula is C6H14ClNO2S. The van der Waals surface area contributed by atoms with Crippen LogP contribution in [-0.2, 0) is 4.79 Å². The van der Waals surface area contributed by atoms with Crippen LogP contribution in [0.15, 0.2) is 0 Å². The van der Waals surface area contributed by atoms with E-state index >= 15 is 0 Å². The number of carbonyl (C=O) groups is 1. The molecule has 0 aliphatic carbocycles. The average Bonchev–Trinajstić information content (AvgIpc) is 1.88. The third kappa shape index (κ3) is 7.97. The molecule has 3 nitrogen and oxygen atoms in total. The summed E-state index contributed by atoms with van der Waals surface area (Å²) in [6.45, 7) is 2.04. The first-order valence-electron chi connectivity index (χ1n) is 3.24. The summed E-state index contributed by atoms with van der Waals surface area (Å²) >= 11 is 1.71. The van der Waals surface area contributed by atoms with Gasteiger partial charge in [-0.15, -0.1) is 12.4 Å². The quantitative estimate of drug-likeness (QED) is 0.648. The zero-order valence-electron chi connectivity index (χ0n) is 6.45. The van der Waals surface area contributed by atoms with Gasteiger partial charge in [-0.1, -0.05) is 6.92 Å². The van der Waals surface area contributed by atoms with Gasteiger partial charge >= 0.3 is 5.97 Å². The van der Waals surface area contributed by atoms with Gasteiger partial charge in [-0.2, -0.15) is 11.8 Å². The van der Waals surface area contributed by atoms with E-state index in [4.69, 9.17) is 10.8 Å². The summed E-state index contributed by atoms with van der Waals surface area (Å²) in [6, 6.07) is -0.681. The Morgan fingerprint density at radius 1 is 1.73 bits per heavy atom. The monoisotopic (exact) mass is 199 g/mol. The molecule has 0 saturated carbocycles. The van der Waals surface area contributed by atoms with E-state index in [0.29, 0.717) is 6.42 Å². The maximum Gasteiger partial charge on any atom is 0.320 e. The molecule has 0 heterocycles. The van der Waals surface area contributed by atoms with E-state index in [0.717, 1.165) is 11.5 Å². The van der Waals surface area contributed by atoms with Crippen molar-refractivity contribution in [3.05, 3.63) is 0 Å². The first-order chi connectivity index (χ1) is 4.68. The van der Waals surface area contributed by atoms with Crippen LogP contribution in [0.1, 0.15) is 13.3 Å². The number of rotatable bonds is 5. The van der Waals surface area contributed by atoms with Gasteiger partial charge < -0.3 is 10.8 Å². The minimum absolute atomic E-state index is 0. The smallest absolute Gasteiger partial charge is 0.320 e. The molecule has 0 aromatic carbocycles. The lowest BCUT2D eigenvalue weighted by Crippen LogP contribution is -2.30. The largest absolute Gasteiger partial charge is 0.480 e. The zero-order chi connectivity index (χ0) is 7.98. The molecule has 68 valence electrons. The molecule has 11 heavy (non-hydrogen) atoms. The van der Waals surface area contributed by atoms with Crippen molar-refractivity contribution >= 4 is 30.1 Å². The number of nitrogens with two attached hydrogens (primary N) is 1. The Labute approximate surface area is 77.1 Å². The molecule has 1 atom stereocenters. The highest BCUT2D eigenvalue weighted by molar-refractivity contribution is 7.99. The van der Waals surface area contributed by atoms with Gasteiger partial charge in [0.05, 0.1) is 0 Å². The lowest BCUT2D eigenvalue weighted by molar-refractivity contribution is -0.138. The molecule has 0 bridgehead atoms. The number of thioether (sulfide) groups is 1. The van der Waals surface area contributed by atoms with Crippen molar-refractivity contribution in [2.24, 2.45) is 5.73 Å². The first-order valence-corrected chi connectivity index (χ1v) is 4.40. The Morgan fingerprint density at radius 2 is 2.27 bits per heavy atom.